The van der Waals surface area contributed by atoms with Crippen LogP contribution >= 0.6 is 0 Å². The normalized spacial score (nSPS) is 47.0. The van der Waals surface area contributed by atoms with Gasteiger partial charge in [0.1, 0.15) is 6.10 Å². The number of hydrogen-bond donors (Lipinski definition) is 0. The van der Waals surface area contributed by atoms with E-state index in [1.165, 1.54) is 30.9 Å². The van der Waals surface area contributed by atoms with Gasteiger partial charge in [-0.1, -0.05) is 50.8 Å². The Morgan fingerprint density at radius 3 is 2.77 bits per heavy atom. The molecule has 0 aromatic heterocycles. The van der Waals surface area contributed by atoms with E-state index in [9.17, 15) is 4.79 Å². The zero-order chi connectivity index (χ0) is 28.3. The monoisotopic (exact) mass is 433 g/mol. The Balaban J connectivity index is 1.48. The van der Waals surface area contributed by atoms with Crippen LogP contribution in [0.3, 0.4) is 0 Å². The molecule has 0 aliphatic heterocycles. The molecule has 4 aliphatic carbocycles. The second-order valence-electron chi connectivity index (χ2n) is 11.4. The standard InChI is InChI=1S/C29H46O2/c1-19(2)8-7-9-20(3)25-12-13-26-24-11-10-22-18-23(31-21(4)30)14-16-28(22,5)27(24)15-17-29(25,26)6/h9-10,19,23-27H,7-8,11-18H2,1-6H3/b20-9-/t23-,24+,25-,26+,27+,28+,29-/m1/s1/i1D3,2D3,19D. The van der Waals surface area contributed by atoms with Crippen LogP contribution in [0.4, 0.5) is 0 Å². The van der Waals surface area contributed by atoms with Crippen LogP contribution in [-0.4, -0.2) is 12.1 Å². The summed E-state index contributed by atoms with van der Waals surface area (Å²) in [6.07, 6.45) is 13.2. The van der Waals surface area contributed by atoms with Crippen molar-refractivity contribution < 1.29 is 19.1 Å². The minimum Gasteiger partial charge on any atom is -0.462 e. The first-order chi connectivity index (χ1) is 17.4. The van der Waals surface area contributed by atoms with Gasteiger partial charge in [-0.2, -0.15) is 0 Å². The first-order valence-corrected chi connectivity index (χ1v) is 12.5. The average Bonchev–Trinajstić information content (AvgIpc) is 3.14. The summed E-state index contributed by atoms with van der Waals surface area (Å²) in [4.78, 5) is 11.5. The Labute approximate surface area is 201 Å². The number of carbonyl (C=O) groups is 1. The number of hydrogen-bond acceptors (Lipinski definition) is 2. The molecule has 2 nitrogen and oxygen atoms in total. The van der Waals surface area contributed by atoms with Crippen molar-refractivity contribution in [2.45, 2.75) is 112 Å². The minimum absolute atomic E-state index is 0.0129. The lowest BCUT2D eigenvalue weighted by atomic mass is 9.47. The molecule has 0 spiro atoms. The average molecular weight is 434 g/mol. The topological polar surface area (TPSA) is 26.3 Å². The predicted molar refractivity (Wildman–Crippen MR) is 129 cm³/mol. The molecule has 0 saturated heterocycles. The van der Waals surface area contributed by atoms with Gasteiger partial charge in [0.05, 0.1) is 0 Å². The van der Waals surface area contributed by atoms with E-state index in [2.05, 4.69) is 26.8 Å². The highest BCUT2D eigenvalue weighted by atomic mass is 16.5. The molecule has 0 aromatic carbocycles. The number of allylic oxidation sites excluding steroid dienone is 3. The molecule has 0 heterocycles. The molecule has 0 aromatic rings. The largest absolute Gasteiger partial charge is 0.462 e. The smallest absolute Gasteiger partial charge is 0.302 e. The summed E-state index contributed by atoms with van der Waals surface area (Å²) in [6.45, 7) is 2.80. The number of rotatable bonds is 5. The highest BCUT2D eigenvalue weighted by Crippen LogP contribution is 2.67. The molecule has 3 fully saturated rings. The lowest BCUT2D eigenvalue weighted by Gasteiger charge is -2.58. The van der Waals surface area contributed by atoms with Crippen LogP contribution in [0.5, 0.6) is 0 Å². The molecule has 0 radical (unpaired) electrons. The van der Waals surface area contributed by atoms with Crippen molar-refractivity contribution in [3.05, 3.63) is 23.3 Å². The summed E-state index contributed by atoms with van der Waals surface area (Å²) >= 11 is 0. The summed E-state index contributed by atoms with van der Waals surface area (Å²) in [7, 11) is 0. The third-order valence-corrected chi connectivity index (χ3v) is 9.80. The van der Waals surface area contributed by atoms with Crippen molar-refractivity contribution in [3.8, 4) is 0 Å². The van der Waals surface area contributed by atoms with E-state index in [1.807, 2.05) is 6.08 Å². The molecular formula is C29H46O2. The van der Waals surface area contributed by atoms with Gasteiger partial charge in [-0.05, 0) is 105 Å². The molecule has 2 heteroatoms. The van der Waals surface area contributed by atoms with E-state index in [0.717, 1.165) is 38.5 Å². The first kappa shape index (κ1) is 15.7. The van der Waals surface area contributed by atoms with Gasteiger partial charge in [0.2, 0.25) is 0 Å². The zero-order valence-electron chi connectivity index (χ0n) is 26.9. The van der Waals surface area contributed by atoms with E-state index >= 15 is 0 Å². The zero-order valence-corrected chi connectivity index (χ0v) is 19.9. The second-order valence-corrected chi connectivity index (χ2v) is 11.4. The van der Waals surface area contributed by atoms with E-state index < -0.39 is 19.6 Å². The van der Waals surface area contributed by atoms with Crippen LogP contribution in [0.2, 0.25) is 0 Å². The fourth-order valence-corrected chi connectivity index (χ4v) is 8.30. The van der Waals surface area contributed by atoms with Gasteiger partial charge in [0.15, 0.2) is 0 Å². The fraction of sp³-hybridized carbons (Fsp3) is 0.828. The summed E-state index contributed by atoms with van der Waals surface area (Å²) in [5, 5.41) is 0. The predicted octanol–water partition coefficient (Wildman–Crippen LogP) is 7.88. The molecular weight excluding hydrogens is 380 g/mol. The van der Waals surface area contributed by atoms with Crippen LogP contribution in [0, 0.1) is 40.4 Å². The number of carbonyl (C=O) groups excluding carboxylic acids is 1. The molecule has 4 rings (SSSR count). The van der Waals surface area contributed by atoms with E-state index in [1.54, 1.807) is 0 Å². The molecule has 4 aliphatic rings. The quantitative estimate of drug-likeness (QED) is 0.325. The molecule has 31 heavy (non-hydrogen) atoms. The first-order valence-electron chi connectivity index (χ1n) is 16.0. The lowest BCUT2D eigenvalue weighted by Crippen LogP contribution is -2.50. The van der Waals surface area contributed by atoms with Gasteiger partial charge in [0.25, 0.3) is 0 Å². The number of esters is 1. The van der Waals surface area contributed by atoms with Crippen LogP contribution in [0.15, 0.2) is 23.3 Å². The van der Waals surface area contributed by atoms with E-state index in [-0.39, 0.29) is 29.3 Å². The molecule has 0 bridgehead atoms. The summed E-state index contributed by atoms with van der Waals surface area (Å²) in [5.41, 5.74) is 3.09. The Morgan fingerprint density at radius 2 is 2.03 bits per heavy atom. The van der Waals surface area contributed by atoms with Crippen LogP contribution in [-0.2, 0) is 9.53 Å². The molecule has 174 valence electrons. The Hall–Kier alpha value is -1.05. The highest BCUT2D eigenvalue weighted by Gasteiger charge is 2.58. The number of ether oxygens (including phenoxy) is 1. The van der Waals surface area contributed by atoms with E-state index in [0.29, 0.717) is 30.1 Å². The van der Waals surface area contributed by atoms with Gasteiger partial charge >= 0.3 is 5.97 Å². The maximum atomic E-state index is 11.5. The third-order valence-electron chi connectivity index (χ3n) is 9.80. The summed E-state index contributed by atoms with van der Waals surface area (Å²) in [6, 6.07) is 0. The third kappa shape index (κ3) is 4.18. The van der Waals surface area contributed by atoms with Crippen molar-refractivity contribution in [1.82, 2.24) is 0 Å². The Kier molecular flexibility index (Phi) is 4.42. The summed E-state index contributed by atoms with van der Waals surface area (Å²) in [5.74, 6) is -0.288. The van der Waals surface area contributed by atoms with Gasteiger partial charge in [-0.15, -0.1) is 0 Å². The second kappa shape index (κ2) is 8.71. The SMILES string of the molecule is [2H]C([2H])([2H])C([2H])(CC/C=C(/C)[C@H]1CC[C@H]2[C@@H]3CC=C4C[C@H](OC(C)=O)CC[C@]4(C)[C@H]3CC[C@]12C)C([2H])([2H])[2H]. The van der Waals surface area contributed by atoms with Crippen molar-refractivity contribution in [2.75, 3.05) is 0 Å². The van der Waals surface area contributed by atoms with Crippen molar-refractivity contribution in [1.29, 1.82) is 0 Å². The van der Waals surface area contributed by atoms with Gasteiger partial charge in [0, 0.05) is 22.9 Å². The maximum absolute atomic E-state index is 11.5. The van der Waals surface area contributed by atoms with Gasteiger partial charge < -0.3 is 4.74 Å². The molecule has 7 atom stereocenters. The molecule has 0 amide bonds. The lowest BCUT2D eigenvalue weighted by molar-refractivity contribution is -0.148. The molecule has 3 saturated carbocycles. The fourth-order valence-electron chi connectivity index (χ4n) is 8.30. The van der Waals surface area contributed by atoms with Crippen LogP contribution in [0.25, 0.3) is 0 Å². The molecule has 0 unspecified atom stereocenters. The maximum Gasteiger partial charge on any atom is 0.302 e. The van der Waals surface area contributed by atoms with Crippen molar-refractivity contribution >= 4 is 5.97 Å². The van der Waals surface area contributed by atoms with E-state index in [4.69, 9.17) is 14.3 Å². The summed E-state index contributed by atoms with van der Waals surface area (Å²) < 4.78 is 60.0. The minimum atomic E-state index is -2.86. The van der Waals surface area contributed by atoms with Crippen LogP contribution in [0.1, 0.15) is 115 Å². The van der Waals surface area contributed by atoms with Gasteiger partial charge in [-0.3, -0.25) is 4.79 Å². The Morgan fingerprint density at radius 1 is 1.23 bits per heavy atom. The van der Waals surface area contributed by atoms with Crippen molar-refractivity contribution in [2.24, 2.45) is 40.4 Å². The van der Waals surface area contributed by atoms with Crippen molar-refractivity contribution in [3.63, 3.8) is 0 Å². The highest BCUT2D eigenvalue weighted by molar-refractivity contribution is 5.66. The van der Waals surface area contributed by atoms with Gasteiger partial charge in [-0.25, -0.2) is 0 Å². The molecule has 0 N–H and O–H groups in total. The Bertz CT molecular complexity index is 966. The number of fused-ring (bicyclic) bond motifs is 5. The van der Waals surface area contributed by atoms with Crippen LogP contribution < -0.4 is 0 Å².